The third-order valence-electron chi connectivity index (χ3n) is 2.11. The van der Waals surface area contributed by atoms with Crippen molar-refractivity contribution in [2.24, 2.45) is 10.2 Å². The van der Waals surface area contributed by atoms with Crippen molar-refractivity contribution in [3.05, 3.63) is 35.9 Å². The van der Waals surface area contributed by atoms with Crippen molar-refractivity contribution in [3.63, 3.8) is 0 Å². The smallest absolute Gasteiger partial charge is 0.0755 e. The molecule has 0 unspecified atom stereocenters. The van der Waals surface area contributed by atoms with E-state index in [0.29, 0.717) is 0 Å². The van der Waals surface area contributed by atoms with Gasteiger partial charge in [-0.2, -0.15) is 15.3 Å². The Morgan fingerprint density at radius 3 is 2.50 bits per heavy atom. The minimum Gasteiger partial charge on any atom is -0.188 e. The first-order valence-electron chi connectivity index (χ1n) is 4.66. The molecule has 0 spiro atoms. The topological polar surface area (TPSA) is 28.0 Å². The van der Waals surface area contributed by atoms with Crippen molar-refractivity contribution in [2.75, 3.05) is 7.05 Å². The van der Waals surface area contributed by atoms with Gasteiger partial charge in [0, 0.05) is 19.2 Å². The van der Waals surface area contributed by atoms with Crippen molar-refractivity contribution in [2.45, 2.75) is 13.3 Å². The Labute approximate surface area is 83.7 Å². The zero-order chi connectivity index (χ0) is 9.97. The molecule has 0 radical (unpaired) electrons. The van der Waals surface area contributed by atoms with Crippen LogP contribution in [0, 0.1) is 0 Å². The Balaban J connectivity index is 2.29. The number of benzene rings is 1. The molecule has 0 bridgehead atoms. The highest BCUT2D eigenvalue weighted by Gasteiger charge is 2.11. The van der Waals surface area contributed by atoms with E-state index in [2.05, 4.69) is 22.3 Å². The van der Waals surface area contributed by atoms with Crippen LogP contribution in [0.2, 0.25) is 0 Å². The Morgan fingerprint density at radius 1 is 1.14 bits per heavy atom. The summed E-state index contributed by atoms with van der Waals surface area (Å²) in [6.07, 6.45) is 0.842. The molecule has 0 amide bonds. The van der Waals surface area contributed by atoms with Gasteiger partial charge < -0.3 is 0 Å². The molecule has 1 heterocycles. The van der Waals surface area contributed by atoms with Gasteiger partial charge in [-0.3, -0.25) is 0 Å². The van der Waals surface area contributed by atoms with Gasteiger partial charge >= 0.3 is 0 Å². The number of rotatable bonds is 1. The molecular weight excluding hydrogens is 174 g/mol. The molecule has 1 aromatic rings. The zero-order valence-electron chi connectivity index (χ0n) is 8.44. The quantitative estimate of drug-likeness (QED) is 0.661. The molecule has 2 rings (SSSR count). The summed E-state index contributed by atoms with van der Waals surface area (Å²) in [5.74, 6) is 0. The van der Waals surface area contributed by atoms with E-state index in [1.807, 2.05) is 32.2 Å². The number of nitrogens with zero attached hydrogens (tertiary/aromatic N) is 3. The van der Waals surface area contributed by atoms with E-state index in [0.717, 1.165) is 17.8 Å². The first-order chi connectivity index (χ1) is 6.75. The van der Waals surface area contributed by atoms with Crippen molar-refractivity contribution in [1.82, 2.24) is 5.12 Å². The molecule has 3 heteroatoms. The maximum Gasteiger partial charge on any atom is 0.0755 e. The summed E-state index contributed by atoms with van der Waals surface area (Å²) in [6, 6.07) is 10.2. The van der Waals surface area contributed by atoms with Crippen LogP contribution >= 0.6 is 0 Å². The SMILES string of the molecule is CC1=NN(C)N=C(c2ccccc2)C1. The first-order valence-corrected chi connectivity index (χ1v) is 4.66. The first kappa shape index (κ1) is 8.94. The van der Waals surface area contributed by atoms with Gasteiger partial charge in [0.25, 0.3) is 0 Å². The molecule has 0 atom stereocenters. The number of hydrogen-bond acceptors (Lipinski definition) is 3. The zero-order valence-corrected chi connectivity index (χ0v) is 8.44. The number of hydrogen-bond donors (Lipinski definition) is 0. The summed E-state index contributed by atoms with van der Waals surface area (Å²) >= 11 is 0. The van der Waals surface area contributed by atoms with Crippen LogP contribution < -0.4 is 0 Å². The fourth-order valence-electron chi connectivity index (χ4n) is 1.55. The van der Waals surface area contributed by atoms with Crippen molar-refractivity contribution in [1.29, 1.82) is 0 Å². The molecule has 0 saturated carbocycles. The molecule has 0 fully saturated rings. The maximum atomic E-state index is 4.37. The lowest BCUT2D eigenvalue weighted by Crippen LogP contribution is -2.19. The van der Waals surface area contributed by atoms with E-state index >= 15 is 0 Å². The average Bonchev–Trinajstić information content (AvgIpc) is 2.18. The molecule has 1 aromatic carbocycles. The van der Waals surface area contributed by atoms with E-state index in [1.165, 1.54) is 5.56 Å². The average molecular weight is 187 g/mol. The van der Waals surface area contributed by atoms with Crippen LogP contribution in [0.1, 0.15) is 18.9 Å². The molecule has 1 aliphatic rings. The molecule has 14 heavy (non-hydrogen) atoms. The van der Waals surface area contributed by atoms with Gasteiger partial charge in [0.15, 0.2) is 0 Å². The van der Waals surface area contributed by atoms with E-state index in [-0.39, 0.29) is 0 Å². The molecule has 0 aliphatic carbocycles. The molecular formula is C11H13N3. The standard InChI is InChI=1S/C11H13N3/c1-9-8-11(13-14(2)12-9)10-6-4-3-5-7-10/h3-7H,8H2,1-2H3. The van der Waals surface area contributed by atoms with Crippen LogP contribution in [0.5, 0.6) is 0 Å². The largest absolute Gasteiger partial charge is 0.188 e. The lowest BCUT2D eigenvalue weighted by molar-refractivity contribution is 0.371. The maximum absolute atomic E-state index is 4.37. The Kier molecular flexibility index (Phi) is 2.31. The second kappa shape index (κ2) is 3.62. The predicted molar refractivity (Wildman–Crippen MR) is 58.5 cm³/mol. The van der Waals surface area contributed by atoms with Gasteiger partial charge in [-0.25, -0.2) is 0 Å². The van der Waals surface area contributed by atoms with Crippen LogP contribution in [0.15, 0.2) is 40.5 Å². The minimum absolute atomic E-state index is 0.842. The van der Waals surface area contributed by atoms with Gasteiger partial charge in [0.1, 0.15) is 0 Å². The number of hydrazone groups is 2. The van der Waals surface area contributed by atoms with Gasteiger partial charge in [-0.05, 0) is 12.5 Å². The second-order valence-electron chi connectivity index (χ2n) is 3.41. The highest BCUT2D eigenvalue weighted by atomic mass is 15.7. The van der Waals surface area contributed by atoms with Crippen LogP contribution in [-0.2, 0) is 0 Å². The summed E-state index contributed by atoms with van der Waals surface area (Å²) in [5, 5.41) is 10.2. The minimum atomic E-state index is 0.842. The third kappa shape index (κ3) is 1.82. The molecule has 0 aromatic heterocycles. The van der Waals surface area contributed by atoms with E-state index in [9.17, 15) is 0 Å². The molecule has 0 N–H and O–H groups in total. The Bertz CT molecular complexity index is 379. The van der Waals surface area contributed by atoms with E-state index in [1.54, 1.807) is 5.12 Å². The summed E-state index contributed by atoms with van der Waals surface area (Å²) in [5.41, 5.74) is 3.36. The lowest BCUT2D eigenvalue weighted by atomic mass is 10.1. The van der Waals surface area contributed by atoms with Crippen LogP contribution in [0.4, 0.5) is 0 Å². The monoisotopic (exact) mass is 187 g/mol. The Hall–Kier alpha value is -1.64. The molecule has 3 nitrogen and oxygen atoms in total. The van der Waals surface area contributed by atoms with Crippen molar-refractivity contribution in [3.8, 4) is 0 Å². The summed E-state index contributed by atoms with van der Waals surface area (Å²) < 4.78 is 0. The van der Waals surface area contributed by atoms with Crippen LogP contribution in [0.25, 0.3) is 0 Å². The highest BCUT2D eigenvalue weighted by Crippen LogP contribution is 2.10. The van der Waals surface area contributed by atoms with Gasteiger partial charge in [-0.1, -0.05) is 30.3 Å². The fourth-order valence-corrected chi connectivity index (χ4v) is 1.55. The lowest BCUT2D eigenvalue weighted by Gasteiger charge is -2.17. The molecule has 0 saturated heterocycles. The molecule has 72 valence electrons. The summed E-state index contributed by atoms with van der Waals surface area (Å²) in [7, 11) is 1.85. The van der Waals surface area contributed by atoms with Crippen molar-refractivity contribution < 1.29 is 0 Å². The highest BCUT2D eigenvalue weighted by molar-refractivity contribution is 6.12. The second-order valence-corrected chi connectivity index (χ2v) is 3.41. The van der Waals surface area contributed by atoms with E-state index in [4.69, 9.17) is 0 Å². The fraction of sp³-hybridized carbons (Fsp3) is 0.273. The summed E-state index contributed by atoms with van der Waals surface area (Å²) in [4.78, 5) is 0. The summed E-state index contributed by atoms with van der Waals surface area (Å²) in [6.45, 7) is 2.02. The third-order valence-corrected chi connectivity index (χ3v) is 2.11. The van der Waals surface area contributed by atoms with Crippen LogP contribution in [0.3, 0.4) is 0 Å². The molecule has 1 aliphatic heterocycles. The van der Waals surface area contributed by atoms with E-state index < -0.39 is 0 Å². The predicted octanol–water partition coefficient (Wildman–Crippen LogP) is 2.10. The van der Waals surface area contributed by atoms with Crippen molar-refractivity contribution >= 4 is 11.4 Å². The van der Waals surface area contributed by atoms with Gasteiger partial charge in [0.05, 0.1) is 5.71 Å². The van der Waals surface area contributed by atoms with Gasteiger partial charge in [0.2, 0.25) is 0 Å². The van der Waals surface area contributed by atoms with Gasteiger partial charge in [-0.15, -0.1) is 0 Å². The Morgan fingerprint density at radius 2 is 1.86 bits per heavy atom. The normalized spacial score (nSPS) is 16.3. The van der Waals surface area contributed by atoms with Crippen LogP contribution in [-0.4, -0.2) is 23.6 Å².